The average molecular weight is 322 g/mol. The molecule has 0 aliphatic rings. The molecular formula is C19H22N4O. The molecule has 0 bridgehead atoms. The highest BCUT2D eigenvalue weighted by molar-refractivity contribution is 5.55. The van der Waals surface area contributed by atoms with Gasteiger partial charge in [0.05, 0.1) is 5.69 Å². The number of nitrogens with one attached hydrogen (secondary N) is 1. The molecule has 0 unspecified atom stereocenters. The van der Waals surface area contributed by atoms with Crippen LogP contribution in [-0.2, 0) is 12.0 Å². The minimum Gasteiger partial charge on any atom is -0.483 e. The molecule has 124 valence electrons. The van der Waals surface area contributed by atoms with E-state index >= 15 is 0 Å². The van der Waals surface area contributed by atoms with Crippen molar-refractivity contribution in [3.8, 4) is 17.1 Å². The smallest absolute Gasteiger partial charge is 0.181 e. The number of nitrogens with two attached hydrogens (primary N) is 1. The Morgan fingerprint density at radius 1 is 1.04 bits per heavy atom. The van der Waals surface area contributed by atoms with Crippen LogP contribution in [0, 0.1) is 0 Å². The Labute approximate surface area is 141 Å². The van der Waals surface area contributed by atoms with Gasteiger partial charge >= 0.3 is 0 Å². The second kappa shape index (κ2) is 6.35. The number of anilines is 1. The number of H-pyrrole nitrogens is 1. The first-order valence-corrected chi connectivity index (χ1v) is 7.93. The zero-order valence-electron chi connectivity index (χ0n) is 14.2. The Kier molecular flexibility index (Phi) is 4.25. The van der Waals surface area contributed by atoms with Crippen LogP contribution in [0.15, 0.2) is 48.5 Å². The van der Waals surface area contributed by atoms with Crippen LogP contribution in [0.3, 0.4) is 0 Å². The SMILES string of the molecule is CC(C)(C)c1ccc(-c2n[nH]c(COc3ccccc3N)n2)cc1. The van der Waals surface area contributed by atoms with E-state index in [9.17, 15) is 0 Å². The third kappa shape index (κ3) is 3.56. The van der Waals surface area contributed by atoms with E-state index in [0.29, 0.717) is 29.7 Å². The Morgan fingerprint density at radius 3 is 2.42 bits per heavy atom. The second-order valence-corrected chi connectivity index (χ2v) is 6.76. The van der Waals surface area contributed by atoms with Gasteiger partial charge in [0.25, 0.3) is 0 Å². The van der Waals surface area contributed by atoms with Gasteiger partial charge in [-0.2, -0.15) is 5.10 Å². The van der Waals surface area contributed by atoms with E-state index in [1.807, 2.05) is 30.3 Å². The zero-order chi connectivity index (χ0) is 17.2. The van der Waals surface area contributed by atoms with Crippen molar-refractivity contribution in [2.45, 2.75) is 32.8 Å². The molecule has 0 atom stereocenters. The highest BCUT2D eigenvalue weighted by Crippen LogP contribution is 2.25. The largest absolute Gasteiger partial charge is 0.483 e. The van der Waals surface area contributed by atoms with Crippen LogP contribution < -0.4 is 10.5 Å². The number of benzene rings is 2. The van der Waals surface area contributed by atoms with Crippen molar-refractivity contribution in [3.05, 3.63) is 59.9 Å². The molecule has 24 heavy (non-hydrogen) atoms. The lowest BCUT2D eigenvalue weighted by Crippen LogP contribution is -2.10. The third-order valence-electron chi connectivity index (χ3n) is 3.82. The summed E-state index contributed by atoms with van der Waals surface area (Å²) < 4.78 is 5.68. The minimum absolute atomic E-state index is 0.131. The summed E-state index contributed by atoms with van der Waals surface area (Å²) >= 11 is 0. The van der Waals surface area contributed by atoms with Crippen LogP contribution >= 0.6 is 0 Å². The molecule has 0 fully saturated rings. The maximum Gasteiger partial charge on any atom is 0.181 e. The fourth-order valence-corrected chi connectivity index (χ4v) is 2.37. The first-order chi connectivity index (χ1) is 11.4. The molecule has 3 aromatic rings. The Hall–Kier alpha value is -2.82. The highest BCUT2D eigenvalue weighted by Gasteiger charge is 2.14. The molecule has 3 rings (SSSR count). The van der Waals surface area contributed by atoms with Crippen molar-refractivity contribution < 1.29 is 4.74 Å². The average Bonchev–Trinajstić information content (AvgIpc) is 3.02. The van der Waals surface area contributed by atoms with Gasteiger partial charge in [-0.1, -0.05) is 57.2 Å². The summed E-state index contributed by atoms with van der Waals surface area (Å²) in [6, 6.07) is 15.7. The van der Waals surface area contributed by atoms with E-state index < -0.39 is 0 Å². The second-order valence-electron chi connectivity index (χ2n) is 6.76. The van der Waals surface area contributed by atoms with Crippen molar-refractivity contribution in [3.63, 3.8) is 0 Å². The van der Waals surface area contributed by atoms with Crippen LogP contribution in [-0.4, -0.2) is 15.2 Å². The molecule has 3 N–H and O–H groups in total. The number of aromatic amines is 1. The van der Waals surface area contributed by atoms with Crippen LogP contribution in [0.1, 0.15) is 32.2 Å². The number of hydrogen-bond acceptors (Lipinski definition) is 4. The van der Waals surface area contributed by atoms with Crippen molar-refractivity contribution in [1.82, 2.24) is 15.2 Å². The molecular weight excluding hydrogens is 300 g/mol. The monoisotopic (exact) mass is 322 g/mol. The molecule has 0 aliphatic carbocycles. The van der Waals surface area contributed by atoms with E-state index in [-0.39, 0.29) is 5.41 Å². The van der Waals surface area contributed by atoms with Gasteiger partial charge in [-0.3, -0.25) is 5.10 Å². The fourth-order valence-electron chi connectivity index (χ4n) is 2.37. The number of nitrogens with zero attached hydrogens (tertiary/aromatic N) is 2. The standard InChI is InChI=1S/C19H22N4O/c1-19(2,3)14-10-8-13(9-11-14)18-21-17(22-23-18)12-24-16-7-5-4-6-15(16)20/h4-11H,12,20H2,1-3H3,(H,21,22,23). The molecule has 0 saturated heterocycles. The van der Waals surface area contributed by atoms with Crippen LogP contribution in [0.5, 0.6) is 5.75 Å². The summed E-state index contributed by atoms with van der Waals surface area (Å²) in [4.78, 5) is 4.48. The molecule has 0 amide bonds. The van der Waals surface area contributed by atoms with E-state index in [0.717, 1.165) is 5.56 Å². The third-order valence-corrected chi connectivity index (χ3v) is 3.82. The van der Waals surface area contributed by atoms with Crippen LogP contribution in [0.25, 0.3) is 11.4 Å². The molecule has 0 saturated carbocycles. The van der Waals surface area contributed by atoms with Gasteiger partial charge in [-0.25, -0.2) is 4.98 Å². The van der Waals surface area contributed by atoms with Gasteiger partial charge in [0.1, 0.15) is 12.4 Å². The van der Waals surface area contributed by atoms with Gasteiger partial charge < -0.3 is 10.5 Å². The summed E-state index contributed by atoms with van der Waals surface area (Å²) in [7, 11) is 0. The predicted molar refractivity (Wildman–Crippen MR) is 95.7 cm³/mol. The maximum atomic E-state index is 5.86. The van der Waals surface area contributed by atoms with E-state index in [4.69, 9.17) is 10.5 Å². The van der Waals surface area contributed by atoms with Crippen molar-refractivity contribution in [2.75, 3.05) is 5.73 Å². The minimum atomic E-state index is 0.131. The molecule has 0 spiro atoms. The van der Waals surface area contributed by atoms with Crippen molar-refractivity contribution in [1.29, 1.82) is 0 Å². The first-order valence-electron chi connectivity index (χ1n) is 7.93. The van der Waals surface area contributed by atoms with E-state index in [1.54, 1.807) is 6.07 Å². The van der Waals surface area contributed by atoms with Crippen LogP contribution in [0.2, 0.25) is 0 Å². The number of hydrogen-bond donors (Lipinski definition) is 2. The number of nitrogen functional groups attached to an aromatic ring is 1. The predicted octanol–water partition coefficient (Wildman–Crippen LogP) is 3.93. The number of para-hydroxylation sites is 2. The Bertz CT molecular complexity index is 816. The molecule has 5 heteroatoms. The fraction of sp³-hybridized carbons (Fsp3) is 0.263. The molecule has 2 aromatic carbocycles. The Balaban J connectivity index is 1.70. The summed E-state index contributed by atoms with van der Waals surface area (Å²) in [6.45, 7) is 6.87. The van der Waals surface area contributed by atoms with Crippen molar-refractivity contribution >= 4 is 5.69 Å². The number of ether oxygens (including phenoxy) is 1. The molecule has 1 aromatic heterocycles. The molecule has 0 aliphatic heterocycles. The van der Waals surface area contributed by atoms with Crippen molar-refractivity contribution in [2.24, 2.45) is 0 Å². The summed E-state index contributed by atoms with van der Waals surface area (Å²) in [5.41, 5.74) is 8.86. The molecule has 0 radical (unpaired) electrons. The lowest BCUT2D eigenvalue weighted by atomic mass is 9.87. The van der Waals surface area contributed by atoms with Gasteiger partial charge in [-0.05, 0) is 23.1 Å². The topological polar surface area (TPSA) is 76.8 Å². The Morgan fingerprint density at radius 2 is 1.75 bits per heavy atom. The summed E-state index contributed by atoms with van der Waals surface area (Å²) in [5.74, 6) is 1.97. The number of rotatable bonds is 4. The summed E-state index contributed by atoms with van der Waals surface area (Å²) in [5, 5.41) is 7.18. The lowest BCUT2D eigenvalue weighted by molar-refractivity contribution is 0.298. The van der Waals surface area contributed by atoms with E-state index in [2.05, 4.69) is 48.1 Å². The summed E-state index contributed by atoms with van der Waals surface area (Å²) in [6.07, 6.45) is 0. The first kappa shape index (κ1) is 16.1. The molecule has 1 heterocycles. The van der Waals surface area contributed by atoms with Gasteiger partial charge in [0, 0.05) is 5.56 Å². The lowest BCUT2D eigenvalue weighted by Gasteiger charge is -2.18. The zero-order valence-corrected chi connectivity index (χ0v) is 14.2. The number of aromatic nitrogens is 3. The van der Waals surface area contributed by atoms with Gasteiger partial charge in [-0.15, -0.1) is 0 Å². The van der Waals surface area contributed by atoms with E-state index in [1.165, 1.54) is 5.56 Å². The van der Waals surface area contributed by atoms with Crippen LogP contribution in [0.4, 0.5) is 5.69 Å². The quantitative estimate of drug-likeness (QED) is 0.714. The normalized spacial score (nSPS) is 11.5. The highest BCUT2D eigenvalue weighted by atomic mass is 16.5. The molecule has 5 nitrogen and oxygen atoms in total. The maximum absolute atomic E-state index is 5.86. The van der Waals surface area contributed by atoms with Gasteiger partial charge in [0.2, 0.25) is 0 Å². The van der Waals surface area contributed by atoms with Gasteiger partial charge in [0.15, 0.2) is 11.6 Å².